The van der Waals surface area contributed by atoms with Gasteiger partial charge in [-0.25, -0.2) is 10.8 Å². The number of nitrogens with zero attached hydrogens (tertiary/aromatic N) is 2. The Morgan fingerprint density at radius 3 is 2.71 bits per heavy atom. The van der Waals surface area contributed by atoms with Gasteiger partial charge in [0.15, 0.2) is 0 Å². The van der Waals surface area contributed by atoms with Crippen LogP contribution < -0.4 is 16.6 Å². The molecule has 0 fully saturated rings. The van der Waals surface area contributed by atoms with Crippen LogP contribution in [0, 0.1) is 0 Å². The molecule has 2 heterocycles. The summed E-state index contributed by atoms with van der Waals surface area (Å²) >= 11 is 0. The van der Waals surface area contributed by atoms with Crippen molar-refractivity contribution in [1.82, 2.24) is 15.3 Å². The minimum atomic E-state index is -0.150. The zero-order chi connectivity index (χ0) is 15.1. The number of hydrogen-bond acceptors (Lipinski definition) is 5. The summed E-state index contributed by atoms with van der Waals surface area (Å²) in [5, 5.41) is 2.87. The number of hydrogen-bond donors (Lipinski definition) is 3. The van der Waals surface area contributed by atoms with Crippen LogP contribution in [0.5, 0.6) is 0 Å². The molecule has 2 rings (SSSR count). The highest BCUT2D eigenvalue weighted by Gasteiger charge is 2.09. The zero-order valence-electron chi connectivity index (χ0n) is 12.0. The van der Waals surface area contributed by atoms with E-state index in [9.17, 15) is 4.79 Å². The molecule has 0 radical (unpaired) electrons. The summed E-state index contributed by atoms with van der Waals surface area (Å²) in [6.45, 7) is 2.52. The first-order chi connectivity index (χ1) is 10.2. The molecular formula is C15H19N5O. The number of nitrogens with two attached hydrogens (primary N) is 1. The molecule has 2 aromatic rings. The van der Waals surface area contributed by atoms with Crippen LogP contribution in [0.1, 0.15) is 35.0 Å². The molecule has 0 aromatic carbocycles. The Kier molecular flexibility index (Phi) is 5.22. The van der Waals surface area contributed by atoms with Crippen molar-refractivity contribution in [1.29, 1.82) is 0 Å². The summed E-state index contributed by atoms with van der Waals surface area (Å²) in [5.74, 6) is 5.74. The molecule has 6 nitrogen and oxygen atoms in total. The van der Waals surface area contributed by atoms with E-state index in [1.54, 1.807) is 24.5 Å². The van der Waals surface area contributed by atoms with E-state index in [4.69, 9.17) is 5.84 Å². The van der Waals surface area contributed by atoms with Crippen molar-refractivity contribution in [3.8, 4) is 0 Å². The van der Waals surface area contributed by atoms with Crippen LogP contribution in [0.25, 0.3) is 0 Å². The van der Waals surface area contributed by atoms with Crippen molar-refractivity contribution in [2.45, 2.75) is 26.3 Å². The maximum Gasteiger partial charge on any atom is 0.251 e. The molecule has 6 heteroatoms. The minimum Gasteiger partial charge on any atom is -0.348 e. The van der Waals surface area contributed by atoms with Gasteiger partial charge < -0.3 is 10.7 Å². The molecule has 4 N–H and O–H groups in total. The lowest BCUT2D eigenvalue weighted by Crippen LogP contribution is -2.23. The van der Waals surface area contributed by atoms with Crippen LogP contribution in [-0.2, 0) is 13.0 Å². The van der Waals surface area contributed by atoms with Gasteiger partial charge in [0, 0.05) is 30.2 Å². The Hall–Kier alpha value is -2.47. The van der Waals surface area contributed by atoms with E-state index in [1.165, 1.54) is 0 Å². The Balaban J connectivity index is 2.09. The van der Waals surface area contributed by atoms with Crippen LogP contribution in [0.2, 0.25) is 0 Å². The normalized spacial score (nSPS) is 10.2. The van der Waals surface area contributed by atoms with Gasteiger partial charge in [0.1, 0.15) is 5.82 Å². The standard InChI is InChI=1S/C15H19N5O/c1-2-3-13-8-12(9-14(19-13)20-16)15(21)18-10-11-4-6-17-7-5-11/h4-9H,2-3,10,16H2,1H3,(H,18,21)(H,19,20). The molecule has 0 aliphatic heterocycles. The first kappa shape index (κ1) is 14.9. The minimum absolute atomic E-state index is 0.150. The highest BCUT2D eigenvalue weighted by atomic mass is 16.1. The van der Waals surface area contributed by atoms with Crippen molar-refractivity contribution in [2.24, 2.45) is 5.84 Å². The molecule has 0 aliphatic rings. The zero-order valence-corrected chi connectivity index (χ0v) is 12.0. The number of hydrazine groups is 1. The Morgan fingerprint density at radius 2 is 2.05 bits per heavy atom. The summed E-state index contributed by atoms with van der Waals surface area (Å²) in [5.41, 5.74) is 4.89. The number of carbonyl (C=O) groups is 1. The van der Waals surface area contributed by atoms with Crippen LogP contribution in [0.4, 0.5) is 5.82 Å². The monoisotopic (exact) mass is 285 g/mol. The van der Waals surface area contributed by atoms with E-state index in [0.717, 1.165) is 24.1 Å². The largest absolute Gasteiger partial charge is 0.348 e. The molecule has 0 atom stereocenters. The lowest BCUT2D eigenvalue weighted by Gasteiger charge is -2.09. The third-order valence-corrected chi connectivity index (χ3v) is 3.00. The molecule has 0 unspecified atom stereocenters. The van der Waals surface area contributed by atoms with E-state index < -0.39 is 0 Å². The topological polar surface area (TPSA) is 92.9 Å². The number of anilines is 1. The fourth-order valence-corrected chi connectivity index (χ4v) is 1.96. The smallest absolute Gasteiger partial charge is 0.251 e. The highest BCUT2D eigenvalue weighted by Crippen LogP contribution is 2.11. The Morgan fingerprint density at radius 1 is 1.29 bits per heavy atom. The molecule has 110 valence electrons. The molecule has 2 aromatic heterocycles. The molecule has 0 saturated carbocycles. The predicted octanol–water partition coefficient (Wildman–Crippen LogP) is 1.64. The number of aromatic nitrogens is 2. The van der Waals surface area contributed by atoms with Crippen molar-refractivity contribution < 1.29 is 4.79 Å². The second-order valence-electron chi connectivity index (χ2n) is 4.66. The van der Waals surface area contributed by atoms with Gasteiger partial charge in [-0.1, -0.05) is 13.3 Å². The van der Waals surface area contributed by atoms with E-state index in [-0.39, 0.29) is 5.91 Å². The third kappa shape index (κ3) is 4.25. The Labute approximate surface area is 123 Å². The summed E-state index contributed by atoms with van der Waals surface area (Å²) in [6.07, 6.45) is 5.16. The van der Waals surface area contributed by atoms with Crippen LogP contribution >= 0.6 is 0 Å². The van der Waals surface area contributed by atoms with Gasteiger partial charge in [0.05, 0.1) is 0 Å². The summed E-state index contributed by atoms with van der Waals surface area (Å²) in [6, 6.07) is 7.16. The predicted molar refractivity (Wildman–Crippen MR) is 81.4 cm³/mol. The molecular weight excluding hydrogens is 266 g/mol. The van der Waals surface area contributed by atoms with Crippen LogP contribution in [0.3, 0.4) is 0 Å². The average molecular weight is 285 g/mol. The molecule has 21 heavy (non-hydrogen) atoms. The fraction of sp³-hybridized carbons (Fsp3) is 0.267. The molecule has 0 saturated heterocycles. The van der Waals surface area contributed by atoms with Gasteiger partial charge in [-0.3, -0.25) is 9.78 Å². The van der Waals surface area contributed by atoms with E-state index in [1.807, 2.05) is 12.1 Å². The third-order valence-electron chi connectivity index (χ3n) is 3.00. The summed E-state index contributed by atoms with van der Waals surface area (Å²) in [4.78, 5) is 20.5. The average Bonchev–Trinajstić information content (AvgIpc) is 2.53. The van der Waals surface area contributed by atoms with E-state index in [2.05, 4.69) is 27.6 Å². The number of nitrogens with one attached hydrogen (secondary N) is 2. The van der Waals surface area contributed by atoms with Crippen LogP contribution in [0.15, 0.2) is 36.7 Å². The highest BCUT2D eigenvalue weighted by molar-refractivity contribution is 5.94. The van der Waals surface area contributed by atoms with Gasteiger partial charge in [0.25, 0.3) is 5.91 Å². The fourth-order valence-electron chi connectivity index (χ4n) is 1.96. The van der Waals surface area contributed by atoms with Crippen molar-refractivity contribution in [2.75, 3.05) is 5.43 Å². The maximum atomic E-state index is 12.2. The van der Waals surface area contributed by atoms with Crippen LogP contribution in [-0.4, -0.2) is 15.9 Å². The van der Waals surface area contributed by atoms with E-state index >= 15 is 0 Å². The van der Waals surface area contributed by atoms with E-state index in [0.29, 0.717) is 17.9 Å². The van der Waals surface area contributed by atoms with Crippen molar-refractivity contribution >= 4 is 11.7 Å². The quantitative estimate of drug-likeness (QED) is 0.554. The van der Waals surface area contributed by atoms with Gasteiger partial charge in [0.2, 0.25) is 0 Å². The molecule has 0 spiro atoms. The molecule has 0 bridgehead atoms. The number of aryl methyl sites for hydroxylation is 1. The lowest BCUT2D eigenvalue weighted by atomic mass is 10.1. The Bertz CT molecular complexity index is 600. The first-order valence-electron chi connectivity index (χ1n) is 6.87. The lowest BCUT2D eigenvalue weighted by molar-refractivity contribution is 0.0950. The number of pyridine rings is 2. The number of rotatable bonds is 6. The second kappa shape index (κ2) is 7.35. The first-order valence-corrected chi connectivity index (χ1v) is 6.87. The molecule has 1 amide bonds. The van der Waals surface area contributed by atoms with Crippen molar-refractivity contribution in [3.05, 3.63) is 53.5 Å². The van der Waals surface area contributed by atoms with Gasteiger partial charge in [-0.2, -0.15) is 0 Å². The van der Waals surface area contributed by atoms with Crippen molar-refractivity contribution in [3.63, 3.8) is 0 Å². The summed E-state index contributed by atoms with van der Waals surface area (Å²) in [7, 11) is 0. The van der Waals surface area contributed by atoms with Gasteiger partial charge in [-0.05, 0) is 36.2 Å². The number of nitrogen functional groups attached to an aromatic ring is 1. The SMILES string of the molecule is CCCc1cc(C(=O)NCc2ccncc2)cc(NN)n1. The number of amides is 1. The van der Waals surface area contributed by atoms with Gasteiger partial charge >= 0.3 is 0 Å². The molecule has 0 aliphatic carbocycles. The number of carbonyl (C=O) groups excluding carboxylic acids is 1. The van der Waals surface area contributed by atoms with Gasteiger partial charge in [-0.15, -0.1) is 0 Å². The second-order valence-corrected chi connectivity index (χ2v) is 4.66. The maximum absolute atomic E-state index is 12.2. The summed E-state index contributed by atoms with van der Waals surface area (Å²) < 4.78 is 0.